The molecule has 0 fully saturated rings. The minimum Gasteiger partial charge on any atom is -0.397 e. The molecule has 1 heterocycles. The molecule has 0 saturated heterocycles. The van der Waals surface area contributed by atoms with E-state index in [2.05, 4.69) is 0 Å². The summed E-state index contributed by atoms with van der Waals surface area (Å²) in [5.74, 6) is -0.466. The molecule has 0 bridgehead atoms. The van der Waals surface area contributed by atoms with Crippen LogP contribution in [0.4, 0.5) is 15.8 Å². The van der Waals surface area contributed by atoms with Crippen molar-refractivity contribution in [3.05, 3.63) is 36.1 Å². The van der Waals surface area contributed by atoms with E-state index in [0.29, 0.717) is 11.1 Å². The van der Waals surface area contributed by atoms with Crippen LogP contribution in [0.15, 0.2) is 30.3 Å². The van der Waals surface area contributed by atoms with Crippen LogP contribution < -0.4 is 11.5 Å². The molecule has 0 aliphatic rings. The highest BCUT2D eigenvalue weighted by molar-refractivity contribution is 6.16. The minimum atomic E-state index is -0.466. The number of para-hydroxylation sites is 1. The number of nitrogens with zero attached hydrogens (tertiary/aromatic N) is 1. The third-order valence-corrected chi connectivity index (χ3v) is 3.19. The molecule has 1 aromatic heterocycles. The van der Waals surface area contributed by atoms with Crippen LogP contribution in [-0.4, -0.2) is 4.57 Å². The summed E-state index contributed by atoms with van der Waals surface area (Å²) in [6.07, 6.45) is 0. The first-order valence-electron chi connectivity index (χ1n) is 5.32. The second-order valence-electron chi connectivity index (χ2n) is 4.16. The van der Waals surface area contributed by atoms with Crippen LogP contribution >= 0.6 is 0 Å². The van der Waals surface area contributed by atoms with Crippen LogP contribution in [0.3, 0.4) is 0 Å². The normalized spacial score (nSPS) is 11.4. The highest BCUT2D eigenvalue weighted by atomic mass is 19.1. The number of fused-ring (bicyclic) bond motifs is 3. The average Bonchev–Trinajstić information content (AvgIpc) is 2.61. The molecule has 0 saturated carbocycles. The van der Waals surface area contributed by atoms with Gasteiger partial charge >= 0.3 is 0 Å². The number of nitrogen functional groups attached to an aromatic ring is 2. The molecule has 3 rings (SSSR count). The van der Waals surface area contributed by atoms with Crippen molar-refractivity contribution in [2.24, 2.45) is 7.05 Å². The van der Waals surface area contributed by atoms with Crippen LogP contribution in [0.1, 0.15) is 0 Å². The number of aromatic nitrogens is 1. The Balaban J connectivity index is 2.72. The van der Waals surface area contributed by atoms with Gasteiger partial charge in [0.1, 0.15) is 5.82 Å². The van der Waals surface area contributed by atoms with E-state index in [9.17, 15) is 4.39 Å². The van der Waals surface area contributed by atoms with E-state index in [1.165, 1.54) is 6.07 Å². The van der Waals surface area contributed by atoms with Gasteiger partial charge in [-0.3, -0.25) is 0 Å². The molecule has 0 amide bonds. The minimum absolute atomic E-state index is 0.158. The van der Waals surface area contributed by atoms with Crippen molar-refractivity contribution in [3.63, 3.8) is 0 Å². The van der Waals surface area contributed by atoms with Gasteiger partial charge in [-0.05, 0) is 6.07 Å². The van der Waals surface area contributed by atoms with Gasteiger partial charge in [-0.25, -0.2) is 4.39 Å². The Morgan fingerprint density at radius 3 is 2.65 bits per heavy atom. The monoisotopic (exact) mass is 229 g/mol. The fourth-order valence-corrected chi connectivity index (χ4v) is 2.41. The lowest BCUT2D eigenvalue weighted by molar-refractivity contribution is 0.634. The third-order valence-electron chi connectivity index (χ3n) is 3.19. The number of hydrogen-bond acceptors (Lipinski definition) is 2. The molecule has 17 heavy (non-hydrogen) atoms. The van der Waals surface area contributed by atoms with E-state index in [1.807, 2.05) is 35.9 Å². The van der Waals surface area contributed by atoms with Gasteiger partial charge in [-0.15, -0.1) is 0 Å². The van der Waals surface area contributed by atoms with Gasteiger partial charge in [-0.2, -0.15) is 0 Å². The van der Waals surface area contributed by atoms with Crippen LogP contribution in [0.25, 0.3) is 21.8 Å². The van der Waals surface area contributed by atoms with Gasteiger partial charge < -0.3 is 16.0 Å². The van der Waals surface area contributed by atoms with E-state index in [-0.39, 0.29) is 5.69 Å². The molecule has 0 aliphatic heterocycles. The van der Waals surface area contributed by atoms with Crippen molar-refractivity contribution < 1.29 is 4.39 Å². The van der Waals surface area contributed by atoms with Gasteiger partial charge in [0.15, 0.2) is 0 Å². The Bertz CT molecular complexity index is 743. The lowest BCUT2D eigenvalue weighted by Gasteiger charge is -2.04. The summed E-state index contributed by atoms with van der Waals surface area (Å²) in [7, 11) is 1.90. The Morgan fingerprint density at radius 2 is 1.88 bits per heavy atom. The molecule has 0 unspecified atom stereocenters. The van der Waals surface area contributed by atoms with Crippen molar-refractivity contribution in [1.29, 1.82) is 0 Å². The zero-order chi connectivity index (χ0) is 12.2. The maximum atomic E-state index is 13.6. The lowest BCUT2D eigenvalue weighted by atomic mass is 10.1. The fraction of sp³-hybridized carbons (Fsp3) is 0.0769. The molecular formula is C13H12FN3. The molecule has 0 aliphatic carbocycles. The van der Waals surface area contributed by atoms with E-state index in [4.69, 9.17) is 11.5 Å². The molecular weight excluding hydrogens is 217 g/mol. The largest absolute Gasteiger partial charge is 0.397 e. The predicted octanol–water partition coefficient (Wildman–Crippen LogP) is 2.63. The predicted molar refractivity (Wildman–Crippen MR) is 69.2 cm³/mol. The summed E-state index contributed by atoms with van der Waals surface area (Å²) in [4.78, 5) is 0. The Morgan fingerprint density at radius 1 is 1.18 bits per heavy atom. The number of nitrogens with two attached hydrogens (primary N) is 2. The maximum Gasteiger partial charge on any atom is 0.148 e. The standard InChI is InChI=1S/C13H12FN3/c1-17-10-5-3-2-4-7(10)11-12(16)8(14)6-9(15)13(11)17/h2-6H,15-16H2,1H3. The summed E-state index contributed by atoms with van der Waals surface area (Å²) in [6, 6.07) is 9.00. The topological polar surface area (TPSA) is 57.0 Å². The van der Waals surface area contributed by atoms with Crippen molar-refractivity contribution in [2.45, 2.75) is 0 Å². The second-order valence-corrected chi connectivity index (χ2v) is 4.16. The molecule has 3 nitrogen and oxygen atoms in total. The summed E-state index contributed by atoms with van der Waals surface area (Å²) >= 11 is 0. The summed E-state index contributed by atoms with van der Waals surface area (Å²) in [6.45, 7) is 0. The van der Waals surface area contributed by atoms with Gasteiger partial charge in [0.05, 0.1) is 16.9 Å². The number of rotatable bonds is 0. The van der Waals surface area contributed by atoms with Gasteiger partial charge in [0.25, 0.3) is 0 Å². The molecule has 4 N–H and O–H groups in total. The first-order valence-corrected chi connectivity index (χ1v) is 5.32. The van der Waals surface area contributed by atoms with Gasteiger partial charge in [-0.1, -0.05) is 18.2 Å². The summed E-state index contributed by atoms with van der Waals surface area (Å²) in [5.41, 5.74) is 14.0. The van der Waals surface area contributed by atoms with E-state index < -0.39 is 5.82 Å². The molecule has 3 aromatic rings. The third kappa shape index (κ3) is 1.15. The van der Waals surface area contributed by atoms with Crippen LogP contribution in [0.2, 0.25) is 0 Å². The van der Waals surface area contributed by atoms with Gasteiger partial charge in [0, 0.05) is 29.4 Å². The SMILES string of the molecule is Cn1c2ccccc2c2c(N)c(F)cc(N)c21. The van der Waals surface area contributed by atoms with Crippen molar-refractivity contribution in [3.8, 4) is 0 Å². The number of hydrogen-bond donors (Lipinski definition) is 2. The highest BCUT2D eigenvalue weighted by Crippen LogP contribution is 2.36. The zero-order valence-electron chi connectivity index (χ0n) is 9.37. The summed E-state index contributed by atoms with van der Waals surface area (Å²) in [5, 5.41) is 1.62. The lowest BCUT2D eigenvalue weighted by Crippen LogP contribution is -1.98. The van der Waals surface area contributed by atoms with E-state index in [1.54, 1.807) is 0 Å². The molecule has 2 aromatic carbocycles. The Hall–Kier alpha value is -2.23. The first-order chi connectivity index (χ1) is 8.11. The Labute approximate surface area is 97.4 Å². The van der Waals surface area contributed by atoms with Gasteiger partial charge in [0.2, 0.25) is 0 Å². The van der Waals surface area contributed by atoms with Crippen LogP contribution in [0, 0.1) is 5.82 Å². The summed E-state index contributed by atoms with van der Waals surface area (Å²) < 4.78 is 15.6. The smallest absolute Gasteiger partial charge is 0.148 e. The maximum absolute atomic E-state index is 13.6. The molecule has 0 spiro atoms. The zero-order valence-corrected chi connectivity index (χ0v) is 9.37. The number of anilines is 2. The molecule has 0 radical (unpaired) electrons. The fourth-order valence-electron chi connectivity index (χ4n) is 2.41. The average molecular weight is 229 g/mol. The van der Waals surface area contributed by atoms with E-state index >= 15 is 0 Å². The number of halogens is 1. The molecule has 86 valence electrons. The highest BCUT2D eigenvalue weighted by Gasteiger charge is 2.15. The quantitative estimate of drug-likeness (QED) is 0.582. The molecule has 0 atom stereocenters. The van der Waals surface area contributed by atoms with Crippen molar-refractivity contribution >= 4 is 33.2 Å². The molecule has 4 heteroatoms. The Kier molecular flexibility index (Phi) is 1.84. The second kappa shape index (κ2) is 3.13. The first kappa shape index (κ1) is 9.96. The van der Waals surface area contributed by atoms with E-state index in [0.717, 1.165) is 16.4 Å². The van der Waals surface area contributed by atoms with Crippen molar-refractivity contribution in [1.82, 2.24) is 4.57 Å². The van der Waals surface area contributed by atoms with Crippen molar-refractivity contribution in [2.75, 3.05) is 11.5 Å². The number of benzene rings is 2. The number of aryl methyl sites for hydroxylation is 1. The van der Waals surface area contributed by atoms with Crippen LogP contribution in [0.5, 0.6) is 0 Å². The van der Waals surface area contributed by atoms with Crippen LogP contribution in [-0.2, 0) is 7.05 Å².